The zero-order chi connectivity index (χ0) is 7.40. The van der Waals surface area contributed by atoms with Gasteiger partial charge in [0, 0.05) is 84.9 Å². The van der Waals surface area contributed by atoms with E-state index < -0.39 is 0 Å². The minimum atomic E-state index is 0. The van der Waals surface area contributed by atoms with E-state index in [1.807, 2.05) is 19.3 Å². The van der Waals surface area contributed by atoms with Crippen molar-refractivity contribution in [3.8, 4) is 0 Å². The molecule has 1 rings (SSSR count). The summed E-state index contributed by atoms with van der Waals surface area (Å²) in [4.78, 5) is 9.97. The summed E-state index contributed by atoms with van der Waals surface area (Å²) in [6.07, 6.45) is 2.16. The molecule has 0 amide bonds. The Morgan fingerprint density at radius 3 is 2.62 bits per heavy atom. The monoisotopic (exact) mass is 642 g/mol. The molecule has 0 aliphatic heterocycles. The quantitative estimate of drug-likeness (QED) is 0.445. The van der Waals surface area contributed by atoms with Crippen LogP contribution in [0.25, 0.3) is 0 Å². The molecule has 0 bridgehead atoms. The Labute approximate surface area is 142 Å². The smallest absolute Gasteiger partial charge is 0 e. The summed E-state index contributed by atoms with van der Waals surface area (Å²) in [5.74, 6) is 0. The molecule has 65 valence electrons. The van der Waals surface area contributed by atoms with Crippen LogP contribution in [0.15, 0.2) is 12.1 Å². The molecule has 0 heterocycles. The first-order valence-electron chi connectivity index (χ1n) is 3.07. The maximum absolute atomic E-state index is 9.97. The first-order chi connectivity index (χ1) is 4.84. The standard InChI is InChI=1S/C9H7O.U.W.Y/c1-8-4-2-3-5-9(8)6-7-10;;;/h3-4H,6H2,1H3;;;/q-3;;;. The van der Waals surface area contributed by atoms with Crippen LogP contribution >= 0.6 is 0 Å². The van der Waals surface area contributed by atoms with Crippen LogP contribution in [0.2, 0.25) is 0 Å². The summed E-state index contributed by atoms with van der Waals surface area (Å²) < 4.78 is 0. The number of carbonyl (C=O) groups excluding carboxylic acids is 1. The molecular weight excluding hydrogens is 635 g/mol. The molecule has 0 atom stereocenters. The Morgan fingerprint density at radius 2 is 2.15 bits per heavy atom. The molecule has 0 aliphatic rings. The zero-order valence-corrected chi connectivity index (χ0v) is 17.2. The van der Waals surface area contributed by atoms with E-state index in [4.69, 9.17) is 0 Å². The molecule has 0 aliphatic carbocycles. The molecule has 4 heteroatoms. The van der Waals surface area contributed by atoms with Gasteiger partial charge in [0.15, 0.2) is 0 Å². The van der Waals surface area contributed by atoms with Crippen molar-refractivity contribution < 1.29 is 89.7 Å². The second kappa shape index (κ2) is 11.8. The normalized spacial score (nSPS) is 7.15. The summed E-state index contributed by atoms with van der Waals surface area (Å²) in [5.41, 5.74) is 1.96. The van der Waals surface area contributed by atoms with Crippen molar-refractivity contribution >= 4 is 6.29 Å². The molecule has 0 saturated heterocycles. The van der Waals surface area contributed by atoms with Crippen LogP contribution < -0.4 is 0 Å². The van der Waals surface area contributed by atoms with Crippen LogP contribution in [0, 0.1) is 50.2 Å². The molecule has 0 N–H and O–H groups in total. The number of hydrogen-bond acceptors (Lipinski definition) is 1. The van der Waals surface area contributed by atoms with Gasteiger partial charge in [-0.3, -0.25) is 17.9 Å². The minimum Gasteiger partial charge on any atom is -0.542 e. The fraction of sp³-hybridized carbons (Fsp3) is 0.222. The van der Waals surface area contributed by atoms with Crippen LogP contribution in [-0.4, -0.2) is 6.29 Å². The Balaban J connectivity index is -0.000000333. The SMILES string of the molecule is Cc1c[c-]c[c-]c1C[C-]=O.[U].[W].[Y]. The molecule has 0 saturated carbocycles. The van der Waals surface area contributed by atoms with Gasteiger partial charge in [0.1, 0.15) is 0 Å². The van der Waals surface area contributed by atoms with E-state index in [9.17, 15) is 4.79 Å². The molecule has 1 radical (unpaired) electrons. The molecule has 0 aromatic heterocycles. The van der Waals surface area contributed by atoms with E-state index >= 15 is 0 Å². The van der Waals surface area contributed by atoms with E-state index in [1.165, 1.54) is 0 Å². The number of rotatable bonds is 2. The summed E-state index contributed by atoms with van der Waals surface area (Å²) >= 11 is 0. The van der Waals surface area contributed by atoms with Gasteiger partial charge in [-0.25, -0.2) is 0 Å². The number of aryl methyl sites for hydroxylation is 1. The fourth-order valence-corrected chi connectivity index (χ4v) is 0.759. The van der Waals surface area contributed by atoms with Crippen molar-refractivity contribution in [1.29, 1.82) is 0 Å². The van der Waals surface area contributed by atoms with Gasteiger partial charge in [0.2, 0.25) is 0 Å². The van der Waals surface area contributed by atoms with Crippen LogP contribution in [0.1, 0.15) is 11.1 Å². The van der Waals surface area contributed by atoms with E-state index in [0.717, 1.165) is 11.1 Å². The fourth-order valence-electron chi connectivity index (χ4n) is 0.759. The second-order valence-corrected chi connectivity index (χ2v) is 2.08. The van der Waals surface area contributed by atoms with Crippen molar-refractivity contribution in [2.75, 3.05) is 0 Å². The van der Waals surface area contributed by atoms with Gasteiger partial charge in [0.05, 0.1) is 0 Å². The average Bonchev–Trinajstić information content (AvgIpc) is 1.94. The number of hydrogen-bond donors (Lipinski definition) is 0. The molecule has 13 heavy (non-hydrogen) atoms. The molecule has 1 aromatic rings. The third-order valence-corrected chi connectivity index (χ3v) is 1.35. The molecular formula is C9H7OUWY-3. The summed E-state index contributed by atoms with van der Waals surface area (Å²) in [6.45, 7) is 1.93. The Hall–Kier alpha value is 1.73. The molecule has 0 unspecified atom stereocenters. The van der Waals surface area contributed by atoms with E-state index in [-0.39, 0.29) is 84.9 Å². The Morgan fingerprint density at radius 1 is 1.54 bits per heavy atom. The van der Waals surface area contributed by atoms with Gasteiger partial charge >= 0.3 is 0 Å². The summed E-state index contributed by atoms with van der Waals surface area (Å²) in [5, 5.41) is 0. The molecule has 1 aromatic carbocycles. The molecule has 0 fully saturated rings. The second-order valence-electron chi connectivity index (χ2n) is 2.08. The van der Waals surface area contributed by atoms with Crippen molar-refractivity contribution in [3.63, 3.8) is 0 Å². The molecule has 0 spiro atoms. The Bertz CT molecular complexity index is 243. The van der Waals surface area contributed by atoms with E-state index in [1.54, 1.807) is 6.07 Å². The van der Waals surface area contributed by atoms with Gasteiger partial charge in [-0.1, -0.05) is 0 Å². The number of benzene rings is 1. The summed E-state index contributed by atoms with van der Waals surface area (Å²) in [7, 11) is 0. The zero-order valence-electron chi connectivity index (χ0n) is 7.26. The van der Waals surface area contributed by atoms with Crippen LogP contribution in [0.5, 0.6) is 0 Å². The van der Waals surface area contributed by atoms with Crippen molar-refractivity contribution in [2.45, 2.75) is 13.3 Å². The van der Waals surface area contributed by atoms with Crippen LogP contribution in [-0.2, 0) is 65.0 Å². The van der Waals surface area contributed by atoms with E-state index in [0.29, 0.717) is 6.42 Å². The van der Waals surface area contributed by atoms with Crippen LogP contribution in [0.4, 0.5) is 0 Å². The first-order valence-corrected chi connectivity index (χ1v) is 3.07. The topological polar surface area (TPSA) is 17.1 Å². The van der Waals surface area contributed by atoms with Crippen molar-refractivity contribution in [1.82, 2.24) is 0 Å². The predicted molar refractivity (Wildman–Crippen MR) is 38.2 cm³/mol. The maximum atomic E-state index is 9.97. The van der Waals surface area contributed by atoms with Crippen molar-refractivity contribution in [2.24, 2.45) is 0 Å². The van der Waals surface area contributed by atoms with Crippen molar-refractivity contribution in [3.05, 3.63) is 35.4 Å². The van der Waals surface area contributed by atoms with Gasteiger partial charge in [-0.05, 0) is 0 Å². The average molecular weight is 642 g/mol. The van der Waals surface area contributed by atoms with Gasteiger partial charge in [-0.15, -0.1) is 6.92 Å². The van der Waals surface area contributed by atoms with Gasteiger partial charge in [0.25, 0.3) is 0 Å². The molecule has 1 nitrogen and oxygen atoms in total. The maximum Gasteiger partial charge on any atom is 0 e. The first kappa shape index (κ1) is 20.2. The third-order valence-electron chi connectivity index (χ3n) is 1.35. The Kier molecular flexibility index (Phi) is 18.3. The van der Waals surface area contributed by atoms with Crippen LogP contribution in [0.3, 0.4) is 0 Å². The largest absolute Gasteiger partial charge is 0.542 e. The third kappa shape index (κ3) is 7.64. The predicted octanol–water partition coefficient (Wildman–Crippen LogP) is 1.24. The van der Waals surface area contributed by atoms with E-state index in [2.05, 4.69) is 12.1 Å². The minimum absolute atomic E-state index is 0. The van der Waals surface area contributed by atoms with Gasteiger partial charge < -0.3 is 28.6 Å². The van der Waals surface area contributed by atoms with Gasteiger partial charge in [-0.2, -0.15) is 6.42 Å². The summed E-state index contributed by atoms with van der Waals surface area (Å²) in [6, 6.07) is 9.31.